The van der Waals surface area contributed by atoms with E-state index in [1.807, 2.05) is 43.9 Å². The Balaban J connectivity index is 1.73. The van der Waals surface area contributed by atoms with Crippen LogP contribution in [0.3, 0.4) is 0 Å². The highest BCUT2D eigenvalue weighted by molar-refractivity contribution is 5.27. The van der Waals surface area contributed by atoms with Gasteiger partial charge in [0.2, 0.25) is 0 Å². The SMILES string of the molecule is CC(C)Oc1ccc(CNCCc2ccnn2C)cc1. The maximum Gasteiger partial charge on any atom is 0.119 e. The van der Waals surface area contributed by atoms with Crippen LogP contribution in [0.4, 0.5) is 0 Å². The van der Waals surface area contributed by atoms with Crippen molar-refractivity contribution >= 4 is 0 Å². The summed E-state index contributed by atoms with van der Waals surface area (Å²) in [5.41, 5.74) is 2.52. The van der Waals surface area contributed by atoms with Crippen molar-refractivity contribution in [3.63, 3.8) is 0 Å². The predicted molar refractivity (Wildman–Crippen MR) is 80.8 cm³/mol. The van der Waals surface area contributed by atoms with Crippen molar-refractivity contribution in [3.05, 3.63) is 47.8 Å². The minimum absolute atomic E-state index is 0.220. The molecule has 0 bridgehead atoms. The van der Waals surface area contributed by atoms with E-state index < -0.39 is 0 Å². The average Bonchev–Trinajstić information content (AvgIpc) is 2.82. The lowest BCUT2D eigenvalue weighted by atomic mass is 10.2. The maximum absolute atomic E-state index is 5.63. The van der Waals surface area contributed by atoms with Gasteiger partial charge in [0.1, 0.15) is 5.75 Å². The Morgan fingerprint density at radius 1 is 1.20 bits per heavy atom. The van der Waals surface area contributed by atoms with Gasteiger partial charge in [-0.3, -0.25) is 4.68 Å². The molecule has 0 aliphatic carbocycles. The van der Waals surface area contributed by atoms with Gasteiger partial charge in [0.05, 0.1) is 6.10 Å². The van der Waals surface area contributed by atoms with Gasteiger partial charge in [-0.1, -0.05) is 12.1 Å². The van der Waals surface area contributed by atoms with Gasteiger partial charge in [0.15, 0.2) is 0 Å². The lowest BCUT2D eigenvalue weighted by Crippen LogP contribution is -2.17. The normalized spacial score (nSPS) is 11.0. The molecular weight excluding hydrogens is 250 g/mol. The van der Waals surface area contributed by atoms with E-state index in [0.717, 1.165) is 25.3 Å². The molecule has 0 fully saturated rings. The van der Waals surface area contributed by atoms with E-state index in [2.05, 4.69) is 28.6 Å². The van der Waals surface area contributed by atoms with Crippen LogP contribution in [-0.2, 0) is 20.0 Å². The van der Waals surface area contributed by atoms with Crippen molar-refractivity contribution in [1.29, 1.82) is 0 Å². The van der Waals surface area contributed by atoms with Gasteiger partial charge in [-0.15, -0.1) is 0 Å². The van der Waals surface area contributed by atoms with Crippen molar-refractivity contribution in [2.75, 3.05) is 6.54 Å². The van der Waals surface area contributed by atoms with Crippen LogP contribution in [0.1, 0.15) is 25.1 Å². The topological polar surface area (TPSA) is 39.1 Å². The number of nitrogens with one attached hydrogen (secondary N) is 1. The second kappa shape index (κ2) is 7.10. The van der Waals surface area contributed by atoms with Gasteiger partial charge in [-0.25, -0.2) is 0 Å². The Morgan fingerprint density at radius 3 is 2.55 bits per heavy atom. The van der Waals surface area contributed by atoms with Gasteiger partial charge in [0, 0.05) is 38.4 Å². The molecule has 2 rings (SSSR count). The summed E-state index contributed by atoms with van der Waals surface area (Å²) in [4.78, 5) is 0. The van der Waals surface area contributed by atoms with Crippen LogP contribution in [0.5, 0.6) is 5.75 Å². The summed E-state index contributed by atoms with van der Waals surface area (Å²) in [6, 6.07) is 10.3. The van der Waals surface area contributed by atoms with Gasteiger partial charge < -0.3 is 10.1 Å². The van der Waals surface area contributed by atoms with Gasteiger partial charge >= 0.3 is 0 Å². The van der Waals surface area contributed by atoms with Crippen LogP contribution in [0.15, 0.2) is 36.5 Å². The first kappa shape index (κ1) is 14.6. The second-order valence-corrected chi connectivity index (χ2v) is 5.18. The maximum atomic E-state index is 5.63. The Morgan fingerprint density at radius 2 is 1.95 bits per heavy atom. The number of aromatic nitrogens is 2. The van der Waals surface area contributed by atoms with E-state index in [1.54, 1.807) is 0 Å². The zero-order valence-electron chi connectivity index (χ0n) is 12.5. The van der Waals surface area contributed by atoms with Gasteiger partial charge in [-0.2, -0.15) is 5.10 Å². The molecule has 20 heavy (non-hydrogen) atoms. The van der Waals surface area contributed by atoms with Gasteiger partial charge in [-0.05, 0) is 37.6 Å². The summed E-state index contributed by atoms with van der Waals surface area (Å²) < 4.78 is 7.54. The molecule has 2 aromatic rings. The summed E-state index contributed by atoms with van der Waals surface area (Å²) >= 11 is 0. The molecule has 4 nitrogen and oxygen atoms in total. The molecule has 0 saturated carbocycles. The van der Waals surface area contributed by atoms with E-state index in [4.69, 9.17) is 4.74 Å². The first-order chi connectivity index (χ1) is 9.65. The molecule has 1 aromatic heterocycles. The number of rotatable bonds is 7. The third kappa shape index (κ3) is 4.38. The minimum Gasteiger partial charge on any atom is -0.491 e. The van der Waals surface area contributed by atoms with E-state index in [1.165, 1.54) is 11.3 Å². The molecule has 0 atom stereocenters. The molecular formula is C16H23N3O. The Kier molecular flexibility index (Phi) is 5.18. The van der Waals surface area contributed by atoms with Crippen molar-refractivity contribution in [2.45, 2.75) is 32.9 Å². The summed E-state index contributed by atoms with van der Waals surface area (Å²) in [5.74, 6) is 0.929. The van der Waals surface area contributed by atoms with E-state index in [-0.39, 0.29) is 6.10 Å². The smallest absolute Gasteiger partial charge is 0.119 e. The van der Waals surface area contributed by atoms with Crippen LogP contribution in [-0.4, -0.2) is 22.4 Å². The monoisotopic (exact) mass is 273 g/mol. The molecule has 0 aliphatic rings. The fourth-order valence-electron chi connectivity index (χ4n) is 2.05. The minimum atomic E-state index is 0.220. The summed E-state index contributed by atoms with van der Waals surface area (Å²) in [5, 5.41) is 7.61. The fourth-order valence-corrected chi connectivity index (χ4v) is 2.05. The Labute approximate surface area is 120 Å². The van der Waals surface area contributed by atoms with Crippen molar-refractivity contribution in [3.8, 4) is 5.75 Å². The number of hydrogen-bond acceptors (Lipinski definition) is 3. The standard InChI is InChI=1S/C16H23N3O/c1-13(2)20-16-6-4-14(5-7-16)12-17-10-8-15-9-11-18-19(15)3/h4-7,9,11,13,17H,8,10,12H2,1-3H3. The third-order valence-corrected chi connectivity index (χ3v) is 3.10. The van der Waals surface area contributed by atoms with Crippen LogP contribution < -0.4 is 10.1 Å². The molecule has 108 valence electrons. The zero-order valence-corrected chi connectivity index (χ0v) is 12.5. The Bertz CT molecular complexity index is 517. The highest BCUT2D eigenvalue weighted by Crippen LogP contribution is 2.13. The summed E-state index contributed by atoms with van der Waals surface area (Å²) in [6.07, 6.45) is 3.05. The highest BCUT2D eigenvalue weighted by atomic mass is 16.5. The molecule has 1 N–H and O–H groups in total. The van der Waals surface area contributed by atoms with E-state index in [9.17, 15) is 0 Å². The highest BCUT2D eigenvalue weighted by Gasteiger charge is 2.00. The van der Waals surface area contributed by atoms with E-state index in [0.29, 0.717) is 0 Å². The predicted octanol–water partition coefficient (Wildman–Crippen LogP) is 2.54. The molecule has 4 heteroatoms. The van der Waals surface area contributed by atoms with Crippen molar-refractivity contribution in [2.24, 2.45) is 7.05 Å². The second-order valence-electron chi connectivity index (χ2n) is 5.18. The van der Waals surface area contributed by atoms with Crippen LogP contribution >= 0.6 is 0 Å². The molecule has 0 aliphatic heterocycles. The molecule has 1 heterocycles. The van der Waals surface area contributed by atoms with Gasteiger partial charge in [0.25, 0.3) is 0 Å². The quantitative estimate of drug-likeness (QED) is 0.788. The largest absolute Gasteiger partial charge is 0.491 e. The lowest BCUT2D eigenvalue weighted by Gasteiger charge is -2.10. The zero-order chi connectivity index (χ0) is 14.4. The molecule has 0 saturated heterocycles. The van der Waals surface area contributed by atoms with Crippen LogP contribution in [0.25, 0.3) is 0 Å². The van der Waals surface area contributed by atoms with Crippen LogP contribution in [0, 0.1) is 0 Å². The fraction of sp³-hybridized carbons (Fsp3) is 0.438. The number of nitrogens with zero attached hydrogens (tertiary/aromatic N) is 2. The third-order valence-electron chi connectivity index (χ3n) is 3.10. The molecule has 0 unspecified atom stereocenters. The lowest BCUT2D eigenvalue weighted by molar-refractivity contribution is 0.242. The number of benzene rings is 1. The first-order valence-electron chi connectivity index (χ1n) is 7.08. The van der Waals surface area contributed by atoms with E-state index >= 15 is 0 Å². The van der Waals surface area contributed by atoms with Crippen LogP contribution in [0.2, 0.25) is 0 Å². The number of ether oxygens (including phenoxy) is 1. The summed E-state index contributed by atoms with van der Waals surface area (Å²) in [7, 11) is 1.97. The average molecular weight is 273 g/mol. The first-order valence-corrected chi connectivity index (χ1v) is 7.08. The number of aryl methyl sites for hydroxylation is 1. The molecule has 0 amide bonds. The molecule has 1 aromatic carbocycles. The molecule has 0 radical (unpaired) electrons. The van der Waals surface area contributed by atoms with Crippen molar-refractivity contribution < 1.29 is 4.74 Å². The van der Waals surface area contributed by atoms with Crippen molar-refractivity contribution in [1.82, 2.24) is 15.1 Å². The Hall–Kier alpha value is -1.81. The number of hydrogen-bond donors (Lipinski definition) is 1. The molecule has 0 spiro atoms. The summed E-state index contributed by atoms with van der Waals surface area (Å²) in [6.45, 7) is 5.89.